The van der Waals surface area contributed by atoms with E-state index in [4.69, 9.17) is 4.74 Å². The van der Waals surface area contributed by atoms with E-state index < -0.39 is 18.5 Å². The largest absolute Gasteiger partial charge is 0.493 e. The van der Waals surface area contributed by atoms with Gasteiger partial charge in [0, 0.05) is 11.5 Å². The number of fused-ring (bicyclic) bond motifs is 1. The maximum absolute atomic E-state index is 12.5. The van der Waals surface area contributed by atoms with E-state index in [0.29, 0.717) is 11.3 Å². The van der Waals surface area contributed by atoms with Gasteiger partial charge in [-0.2, -0.15) is 13.2 Å². The van der Waals surface area contributed by atoms with Crippen LogP contribution in [0.1, 0.15) is 44.2 Å². The van der Waals surface area contributed by atoms with E-state index in [1.165, 1.54) is 0 Å². The van der Waals surface area contributed by atoms with Gasteiger partial charge in [0.2, 0.25) is 0 Å². The van der Waals surface area contributed by atoms with Crippen molar-refractivity contribution in [3.05, 3.63) is 29.3 Å². The lowest BCUT2D eigenvalue weighted by Crippen LogP contribution is -2.15. The summed E-state index contributed by atoms with van der Waals surface area (Å²) in [6.07, 6.45) is -4.96. The molecule has 18 heavy (non-hydrogen) atoms. The minimum atomic E-state index is -4.15. The number of halogens is 3. The molecule has 1 aliphatic heterocycles. The molecule has 0 spiro atoms. The Morgan fingerprint density at radius 1 is 1.22 bits per heavy atom. The van der Waals surface area contributed by atoms with E-state index >= 15 is 0 Å². The summed E-state index contributed by atoms with van der Waals surface area (Å²) >= 11 is 0. The van der Waals surface area contributed by atoms with E-state index in [0.717, 1.165) is 5.56 Å². The number of benzene rings is 1. The molecular formula is C14H17F3O. The predicted molar refractivity (Wildman–Crippen MR) is 64.1 cm³/mol. The number of rotatable bonds is 1. The van der Waals surface area contributed by atoms with Gasteiger partial charge in [0.15, 0.2) is 0 Å². The molecule has 1 aromatic rings. The Bertz CT molecular complexity index is 443. The monoisotopic (exact) mass is 258 g/mol. The summed E-state index contributed by atoms with van der Waals surface area (Å²) in [4.78, 5) is 0. The molecule has 0 aliphatic carbocycles. The van der Waals surface area contributed by atoms with Crippen molar-refractivity contribution in [2.75, 3.05) is 6.61 Å². The third kappa shape index (κ3) is 2.79. The first kappa shape index (κ1) is 13.2. The second-order valence-electron chi connectivity index (χ2n) is 5.83. The molecule has 0 saturated heterocycles. The lowest BCUT2D eigenvalue weighted by molar-refractivity contribution is -0.139. The number of hydrogen-bond acceptors (Lipinski definition) is 1. The summed E-state index contributed by atoms with van der Waals surface area (Å²) in [6.45, 7) is 6.26. The smallest absolute Gasteiger partial charge is 0.389 e. The summed E-state index contributed by atoms with van der Waals surface area (Å²) in [5.41, 5.74) is 1.67. The van der Waals surface area contributed by atoms with Crippen LogP contribution in [-0.2, 0) is 5.41 Å². The molecule has 0 bridgehead atoms. The molecule has 1 nitrogen and oxygen atoms in total. The van der Waals surface area contributed by atoms with Crippen LogP contribution in [0.4, 0.5) is 13.2 Å². The summed E-state index contributed by atoms with van der Waals surface area (Å²) in [5.74, 6) is 0.0274. The first-order valence-corrected chi connectivity index (χ1v) is 6.01. The SMILES string of the molecule is CC(C)(C)c1ccc2c(c1)C(CC(F)(F)F)CO2. The minimum Gasteiger partial charge on any atom is -0.493 e. The number of hydrogen-bond donors (Lipinski definition) is 0. The van der Waals surface area contributed by atoms with Crippen LogP contribution in [0.2, 0.25) is 0 Å². The molecule has 0 saturated carbocycles. The Labute approximate surface area is 105 Å². The lowest BCUT2D eigenvalue weighted by Gasteiger charge is -2.20. The van der Waals surface area contributed by atoms with Crippen LogP contribution in [0.15, 0.2) is 18.2 Å². The quantitative estimate of drug-likeness (QED) is 0.725. The average Bonchev–Trinajstić information content (AvgIpc) is 2.57. The maximum atomic E-state index is 12.5. The molecule has 100 valence electrons. The molecule has 0 fully saturated rings. The molecule has 0 radical (unpaired) electrons. The zero-order valence-electron chi connectivity index (χ0n) is 10.8. The Morgan fingerprint density at radius 2 is 1.89 bits per heavy atom. The minimum absolute atomic E-state index is 0.0690. The highest BCUT2D eigenvalue weighted by Gasteiger charge is 2.37. The maximum Gasteiger partial charge on any atom is 0.389 e. The topological polar surface area (TPSA) is 9.23 Å². The Balaban J connectivity index is 2.31. The van der Waals surface area contributed by atoms with Crippen LogP contribution in [0.5, 0.6) is 5.75 Å². The van der Waals surface area contributed by atoms with Gasteiger partial charge >= 0.3 is 6.18 Å². The van der Waals surface area contributed by atoms with Crippen molar-refractivity contribution >= 4 is 0 Å². The van der Waals surface area contributed by atoms with Gasteiger partial charge in [-0.25, -0.2) is 0 Å². The zero-order valence-corrected chi connectivity index (χ0v) is 10.8. The van der Waals surface area contributed by atoms with Crippen LogP contribution in [0, 0.1) is 0 Å². The summed E-state index contributed by atoms with van der Waals surface area (Å²) in [5, 5.41) is 0. The van der Waals surface area contributed by atoms with Crippen LogP contribution in [-0.4, -0.2) is 12.8 Å². The van der Waals surface area contributed by atoms with Crippen molar-refractivity contribution in [3.8, 4) is 5.75 Å². The zero-order chi connectivity index (χ0) is 13.6. The van der Waals surface area contributed by atoms with Gasteiger partial charge in [-0.3, -0.25) is 0 Å². The van der Waals surface area contributed by atoms with Crippen LogP contribution in [0.3, 0.4) is 0 Å². The molecule has 2 rings (SSSR count). The molecule has 1 unspecified atom stereocenters. The van der Waals surface area contributed by atoms with E-state index in [9.17, 15) is 13.2 Å². The standard InChI is InChI=1S/C14H17F3O/c1-13(2,3)10-4-5-12-11(6-10)9(8-18-12)7-14(15,16)17/h4-6,9H,7-8H2,1-3H3. The third-order valence-electron chi connectivity index (χ3n) is 3.23. The highest BCUT2D eigenvalue weighted by Crippen LogP contribution is 2.42. The Morgan fingerprint density at radius 3 is 2.44 bits per heavy atom. The first-order valence-electron chi connectivity index (χ1n) is 6.01. The Hall–Kier alpha value is -1.19. The molecule has 0 N–H and O–H groups in total. The number of alkyl halides is 3. The molecule has 4 heteroatoms. The molecule has 1 atom stereocenters. The van der Waals surface area contributed by atoms with Crippen LogP contribution < -0.4 is 4.74 Å². The third-order valence-corrected chi connectivity index (χ3v) is 3.23. The fourth-order valence-electron chi connectivity index (χ4n) is 2.19. The van der Waals surface area contributed by atoms with Gasteiger partial charge in [0.05, 0.1) is 13.0 Å². The highest BCUT2D eigenvalue weighted by molar-refractivity contribution is 5.44. The molecule has 0 amide bonds. The van der Waals surface area contributed by atoms with E-state index in [1.807, 2.05) is 32.9 Å². The van der Waals surface area contributed by atoms with Crippen molar-refractivity contribution in [2.45, 2.75) is 44.7 Å². The highest BCUT2D eigenvalue weighted by atomic mass is 19.4. The van der Waals surface area contributed by atoms with Gasteiger partial charge in [0.1, 0.15) is 5.75 Å². The van der Waals surface area contributed by atoms with Crippen molar-refractivity contribution in [1.29, 1.82) is 0 Å². The fraction of sp³-hybridized carbons (Fsp3) is 0.571. The van der Waals surface area contributed by atoms with Crippen molar-refractivity contribution in [1.82, 2.24) is 0 Å². The summed E-state index contributed by atoms with van der Waals surface area (Å²) < 4.78 is 42.8. The van der Waals surface area contributed by atoms with Crippen molar-refractivity contribution in [3.63, 3.8) is 0 Å². The van der Waals surface area contributed by atoms with E-state index in [1.54, 1.807) is 6.07 Å². The molecule has 1 aromatic carbocycles. The predicted octanol–water partition coefficient (Wildman–Crippen LogP) is 4.41. The van der Waals surface area contributed by atoms with Crippen molar-refractivity contribution < 1.29 is 17.9 Å². The fourth-order valence-corrected chi connectivity index (χ4v) is 2.19. The van der Waals surface area contributed by atoms with E-state index in [2.05, 4.69) is 0 Å². The second-order valence-corrected chi connectivity index (χ2v) is 5.83. The first-order chi connectivity index (χ1) is 8.17. The second kappa shape index (κ2) is 4.18. The lowest BCUT2D eigenvalue weighted by atomic mass is 9.84. The average molecular weight is 258 g/mol. The summed E-state index contributed by atoms with van der Waals surface area (Å²) in [7, 11) is 0. The van der Waals surface area contributed by atoms with Gasteiger partial charge in [-0.15, -0.1) is 0 Å². The molecular weight excluding hydrogens is 241 g/mol. The van der Waals surface area contributed by atoms with Gasteiger partial charge < -0.3 is 4.74 Å². The van der Waals surface area contributed by atoms with Crippen LogP contribution in [0.25, 0.3) is 0 Å². The van der Waals surface area contributed by atoms with Gasteiger partial charge in [0.25, 0.3) is 0 Å². The number of ether oxygens (including phenoxy) is 1. The van der Waals surface area contributed by atoms with E-state index in [-0.39, 0.29) is 12.0 Å². The molecule has 0 aromatic heterocycles. The summed E-state index contributed by atoms with van der Waals surface area (Å²) in [6, 6.07) is 5.57. The molecule has 1 aliphatic rings. The normalized spacial score (nSPS) is 19.6. The van der Waals surface area contributed by atoms with Crippen LogP contribution >= 0.6 is 0 Å². The van der Waals surface area contributed by atoms with Crippen molar-refractivity contribution in [2.24, 2.45) is 0 Å². The Kier molecular flexibility index (Phi) is 3.07. The molecule has 1 heterocycles. The van der Waals surface area contributed by atoms with Gasteiger partial charge in [-0.1, -0.05) is 32.9 Å². The van der Waals surface area contributed by atoms with Gasteiger partial charge in [-0.05, 0) is 17.0 Å².